The number of anilines is 3. The number of hydrogen-bond donors (Lipinski definition) is 5. The highest BCUT2D eigenvalue weighted by Crippen LogP contribution is 2.30. The summed E-state index contributed by atoms with van der Waals surface area (Å²) in [4.78, 5) is 60.5. The van der Waals surface area contributed by atoms with Crippen molar-refractivity contribution in [2.75, 3.05) is 43.1 Å². The summed E-state index contributed by atoms with van der Waals surface area (Å²) in [5.74, 6) is -1.10. The number of thiazole rings is 1. The number of imidazole rings is 1. The number of rotatable bonds is 11. The fourth-order valence-corrected chi connectivity index (χ4v) is 4.75. The van der Waals surface area contributed by atoms with Crippen molar-refractivity contribution in [3.63, 3.8) is 0 Å². The first kappa shape index (κ1) is 29.5. The Labute approximate surface area is 231 Å². The molecule has 0 saturated carbocycles. The molecule has 0 aliphatic heterocycles. The Kier molecular flexibility index (Phi) is 9.59. The molecular formula is C25H36N9O4S+. The number of nitrogens with zero attached hydrogens (tertiary/aromatic N) is 4. The van der Waals surface area contributed by atoms with Crippen LogP contribution in [0.5, 0.6) is 0 Å². The second-order valence-electron chi connectivity index (χ2n) is 9.83. The summed E-state index contributed by atoms with van der Waals surface area (Å²) in [5.41, 5.74) is 0.983. The van der Waals surface area contributed by atoms with E-state index in [-0.39, 0.29) is 35.1 Å². The zero-order chi connectivity index (χ0) is 28.9. The van der Waals surface area contributed by atoms with Crippen LogP contribution >= 0.6 is 11.3 Å². The van der Waals surface area contributed by atoms with Crippen molar-refractivity contribution in [2.45, 2.75) is 33.1 Å². The molecule has 3 rings (SSSR count). The number of aryl methyl sites for hydroxylation is 2. The number of hydrogen-bond acceptors (Lipinski definition) is 7. The van der Waals surface area contributed by atoms with Crippen molar-refractivity contribution in [3.05, 3.63) is 40.5 Å². The lowest BCUT2D eigenvalue weighted by molar-refractivity contribution is -0.858. The lowest BCUT2D eigenvalue weighted by atomic mass is 10.1. The molecule has 0 fully saturated rings. The van der Waals surface area contributed by atoms with Crippen LogP contribution in [0.15, 0.2) is 18.5 Å². The lowest BCUT2D eigenvalue weighted by Crippen LogP contribution is -3.05. The Balaban J connectivity index is 1.69. The molecule has 0 saturated heterocycles. The maximum atomic E-state index is 13.1. The van der Waals surface area contributed by atoms with Gasteiger partial charge in [0, 0.05) is 51.3 Å². The van der Waals surface area contributed by atoms with E-state index in [1.807, 2.05) is 13.8 Å². The summed E-state index contributed by atoms with van der Waals surface area (Å²) in [6, 6.07) is 1.53. The van der Waals surface area contributed by atoms with E-state index in [0.717, 1.165) is 17.8 Å². The molecule has 0 aliphatic rings. The largest absolute Gasteiger partial charge is 0.350 e. The van der Waals surface area contributed by atoms with Gasteiger partial charge in [-0.3, -0.25) is 24.5 Å². The highest BCUT2D eigenvalue weighted by molar-refractivity contribution is 7.16. The van der Waals surface area contributed by atoms with Crippen LogP contribution in [0.25, 0.3) is 0 Å². The zero-order valence-corrected chi connectivity index (χ0v) is 24.1. The number of nitrogens with one attached hydrogen (secondary N) is 5. The fourth-order valence-electron chi connectivity index (χ4n) is 3.79. The Bertz CT molecular complexity index is 1370. The molecular weight excluding hydrogens is 522 g/mol. The van der Waals surface area contributed by atoms with Gasteiger partial charge in [-0.1, -0.05) is 13.8 Å². The minimum atomic E-state index is -0.504. The van der Waals surface area contributed by atoms with Crippen molar-refractivity contribution in [1.29, 1.82) is 0 Å². The van der Waals surface area contributed by atoms with Crippen LogP contribution in [0.3, 0.4) is 0 Å². The lowest BCUT2D eigenvalue weighted by Gasteiger charge is -2.08. The van der Waals surface area contributed by atoms with E-state index in [4.69, 9.17) is 0 Å². The number of carbonyl (C=O) groups is 4. The smallest absolute Gasteiger partial charge is 0.291 e. The molecule has 0 bridgehead atoms. The summed E-state index contributed by atoms with van der Waals surface area (Å²) in [5, 5.41) is 11.3. The third-order valence-electron chi connectivity index (χ3n) is 5.63. The van der Waals surface area contributed by atoms with E-state index in [2.05, 4.69) is 45.3 Å². The molecule has 0 aromatic carbocycles. The van der Waals surface area contributed by atoms with Crippen LogP contribution in [0.2, 0.25) is 0 Å². The maximum absolute atomic E-state index is 13.1. The molecule has 39 heavy (non-hydrogen) atoms. The highest BCUT2D eigenvalue weighted by Gasteiger charge is 2.23. The van der Waals surface area contributed by atoms with Gasteiger partial charge in [0.2, 0.25) is 11.7 Å². The topological polar surface area (TPSA) is 156 Å². The van der Waals surface area contributed by atoms with Gasteiger partial charge in [-0.15, -0.1) is 11.3 Å². The number of aromatic nitrogens is 4. The SMILES string of the molecule is CC(=O)Nc1cn(C)c(C(=O)Nc2cc(C(=O)Nc3nc(C(=O)NCCC[NH+](C)C)c(C(C)C)s3)n(C)c2)n1. The van der Waals surface area contributed by atoms with Crippen molar-refractivity contribution >= 4 is 51.6 Å². The molecule has 0 radical (unpaired) electrons. The molecule has 14 heteroatoms. The van der Waals surface area contributed by atoms with Crippen LogP contribution in [0, 0.1) is 0 Å². The highest BCUT2D eigenvalue weighted by atomic mass is 32.1. The molecule has 13 nitrogen and oxygen atoms in total. The Morgan fingerprint density at radius 3 is 2.33 bits per heavy atom. The molecule has 0 spiro atoms. The summed E-state index contributed by atoms with van der Waals surface area (Å²) in [7, 11) is 7.43. The first-order valence-corrected chi connectivity index (χ1v) is 13.3. The van der Waals surface area contributed by atoms with E-state index < -0.39 is 11.8 Å². The van der Waals surface area contributed by atoms with E-state index in [9.17, 15) is 19.2 Å². The molecule has 3 aromatic rings. The third kappa shape index (κ3) is 7.74. The van der Waals surface area contributed by atoms with E-state index >= 15 is 0 Å². The maximum Gasteiger partial charge on any atom is 0.291 e. The van der Waals surface area contributed by atoms with Crippen LogP contribution in [-0.4, -0.2) is 69.9 Å². The van der Waals surface area contributed by atoms with E-state index in [1.54, 1.807) is 24.9 Å². The summed E-state index contributed by atoms with van der Waals surface area (Å²) < 4.78 is 3.06. The second-order valence-corrected chi connectivity index (χ2v) is 10.9. The van der Waals surface area contributed by atoms with Gasteiger partial charge in [0.1, 0.15) is 11.4 Å². The number of carbonyl (C=O) groups excluding carboxylic acids is 4. The molecule has 4 amide bonds. The number of quaternary nitrogens is 1. The van der Waals surface area contributed by atoms with Gasteiger partial charge >= 0.3 is 0 Å². The van der Waals surface area contributed by atoms with E-state index in [1.165, 1.54) is 40.0 Å². The predicted molar refractivity (Wildman–Crippen MR) is 150 cm³/mol. The van der Waals surface area contributed by atoms with Gasteiger partial charge in [-0.05, 0) is 12.0 Å². The molecule has 5 N–H and O–H groups in total. The third-order valence-corrected chi connectivity index (χ3v) is 6.90. The first-order chi connectivity index (χ1) is 18.3. The first-order valence-electron chi connectivity index (χ1n) is 12.5. The van der Waals surface area contributed by atoms with Gasteiger partial charge in [-0.25, -0.2) is 9.97 Å². The second kappa shape index (κ2) is 12.7. The van der Waals surface area contributed by atoms with Crippen LogP contribution in [-0.2, 0) is 18.9 Å². The normalized spacial score (nSPS) is 11.1. The van der Waals surface area contributed by atoms with Crippen molar-refractivity contribution in [2.24, 2.45) is 14.1 Å². The fraction of sp³-hybridized carbons (Fsp3) is 0.440. The molecule has 3 heterocycles. The zero-order valence-electron chi connectivity index (χ0n) is 23.3. The average molecular weight is 559 g/mol. The molecule has 0 unspecified atom stereocenters. The van der Waals surface area contributed by atoms with Gasteiger partial charge in [0.15, 0.2) is 10.9 Å². The minimum Gasteiger partial charge on any atom is -0.350 e. The van der Waals surface area contributed by atoms with Crippen molar-refractivity contribution in [3.8, 4) is 0 Å². The summed E-state index contributed by atoms with van der Waals surface area (Å²) >= 11 is 1.26. The minimum absolute atomic E-state index is 0.0502. The standard InChI is InChI=1S/C25H35N9O4S/c1-14(2)20-19(23(37)26-9-8-10-32(4)5)30-25(39-20)31-22(36)17-11-16(12-33(17)6)28-24(38)21-29-18(13-34(21)7)27-15(3)35/h11-14H,8-10H2,1-7H3,(H,26,37)(H,27,35)(H,28,38)(H,30,31,36)/p+1. The predicted octanol–water partition coefficient (Wildman–Crippen LogP) is 1.07. The number of amides is 4. The molecule has 3 aromatic heterocycles. The van der Waals surface area contributed by atoms with Gasteiger partial charge in [0.05, 0.1) is 26.3 Å². The van der Waals surface area contributed by atoms with Crippen LogP contribution < -0.4 is 26.2 Å². The monoisotopic (exact) mass is 558 g/mol. The summed E-state index contributed by atoms with van der Waals surface area (Å²) in [6.07, 6.45) is 3.97. The molecule has 0 atom stereocenters. The Morgan fingerprint density at radius 1 is 0.974 bits per heavy atom. The van der Waals surface area contributed by atoms with Crippen LogP contribution in [0.4, 0.5) is 16.6 Å². The molecule has 0 aliphatic carbocycles. The van der Waals surface area contributed by atoms with Gasteiger partial charge in [0.25, 0.3) is 17.7 Å². The Morgan fingerprint density at radius 2 is 1.69 bits per heavy atom. The molecule has 210 valence electrons. The van der Waals surface area contributed by atoms with Crippen molar-refractivity contribution < 1.29 is 24.1 Å². The quantitative estimate of drug-likeness (QED) is 0.222. The van der Waals surface area contributed by atoms with Gasteiger partial charge < -0.3 is 30.0 Å². The van der Waals surface area contributed by atoms with Crippen LogP contribution in [0.1, 0.15) is 69.6 Å². The Hall–Kier alpha value is -4.04. The van der Waals surface area contributed by atoms with Gasteiger partial charge in [-0.2, -0.15) is 0 Å². The van der Waals surface area contributed by atoms with Crippen molar-refractivity contribution in [1.82, 2.24) is 24.4 Å². The average Bonchev–Trinajstić information content (AvgIpc) is 3.52. The summed E-state index contributed by atoms with van der Waals surface area (Å²) in [6.45, 7) is 6.78. The van der Waals surface area contributed by atoms with E-state index in [0.29, 0.717) is 23.1 Å².